The highest BCUT2D eigenvalue weighted by molar-refractivity contribution is 7.80. The monoisotopic (exact) mass is 378 g/mol. The van der Waals surface area contributed by atoms with Gasteiger partial charge in [-0.2, -0.15) is 8.42 Å². The van der Waals surface area contributed by atoms with Crippen molar-refractivity contribution in [3.63, 3.8) is 0 Å². The van der Waals surface area contributed by atoms with Gasteiger partial charge in [0.2, 0.25) is 0 Å². The van der Waals surface area contributed by atoms with Crippen LogP contribution in [-0.2, 0) is 19.4 Å². The van der Waals surface area contributed by atoms with Crippen molar-refractivity contribution in [2.75, 3.05) is 0 Å². The molecule has 0 aromatic carbocycles. The van der Waals surface area contributed by atoms with E-state index in [1.165, 1.54) is 0 Å². The second-order valence-electron chi connectivity index (χ2n) is 6.40. The van der Waals surface area contributed by atoms with Gasteiger partial charge in [0.05, 0.1) is 6.10 Å². The number of hydrogen-bond acceptors (Lipinski definition) is 4. The van der Waals surface area contributed by atoms with Crippen molar-refractivity contribution < 1.29 is 27.1 Å². The first-order chi connectivity index (χ1) is 11.8. The molecule has 0 amide bonds. The van der Waals surface area contributed by atoms with Gasteiger partial charge >= 0.3 is 16.4 Å². The second kappa shape index (κ2) is 15.3. The summed E-state index contributed by atoms with van der Waals surface area (Å²) in [5, 5.41) is 8.54. The molecule has 148 valence electrons. The Morgan fingerprint density at radius 3 is 2.28 bits per heavy atom. The lowest BCUT2D eigenvalue weighted by atomic mass is 10.1. The van der Waals surface area contributed by atoms with Crippen molar-refractivity contribution in [1.82, 2.24) is 0 Å². The average Bonchev–Trinajstić information content (AvgIpc) is 2.51. The molecule has 0 aromatic heterocycles. The molecule has 0 rings (SSSR count). The lowest BCUT2D eigenvalue weighted by Gasteiger charge is -2.13. The first kappa shape index (κ1) is 24.1. The lowest BCUT2D eigenvalue weighted by Crippen LogP contribution is -2.17. The fourth-order valence-electron chi connectivity index (χ4n) is 2.61. The number of unbranched alkanes of at least 4 members (excludes halogenated alkanes) is 8. The van der Waals surface area contributed by atoms with Crippen molar-refractivity contribution in [3.8, 4) is 0 Å². The summed E-state index contributed by atoms with van der Waals surface area (Å²) in [5.74, 6) is -0.737. The number of allylic oxidation sites excluding steroid dienone is 1. The topological polar surface area (TPSA) is 101 Å². The van der Waals surface area contributed by atoms with Gasteiger partial charge < -0.3 is 5.11 Å². The average molecular weight is 379 g/mol. The van der Waals surface area contributed by atoms with Gasteiger partial charge in [-0.05, 0) is 32.1 Å². The maximum atomic E-state index is 10.9. The van der Waals surface area contributed by atoms with Crippen molar-refractivity contribution in [2.24, 2.45) is 0 Å². The van der Waals surface area contributed by atoms with E-state index in [9.17, 15) is 13.2 Å². The van der Waals surface area contributed by atoms with E-state index in [1.54, 1.807) is 0 Å². The maximum Gasteiger partial charge on any atom is 0.397 e. The Kier molecular flexibility index (Phi) is 14.8. The number of carbonyl (C=O) groups is 1. The van der Waals surface area contributed by atoms with E-state index >= 15 is 0 Å². The predicted molar refractivity (Wildman–Crippen MR) is 98.9 cm³/mol. The van der Waals surface area contributed by atoms with Crippen LogP contribution in [0.15, 0.2) is 12.2 Å². The maximum absolute atomic E-state index is 10.9. The van der Waals surface area contributed by atoms with Crippen LogP contribution >= 0.6 is 0 Å². The Labute approximate surface area is 152 Å². The van der Waals surface area contributed by atoms with Gasteiger partial charge in [-0.3, -0.25) is 9.35 Å². The molecule has 0 aliphatic heterocycles. The van der Waals surface area contributed by atoms with Crippen LogP contribution in [0.1, 0.15) is 90.4 Å². The summed E-state index contributed by atoms with van der Waals surface area (Å²) >= 11 is 0. The summed E-state index contributed by atoms with van der Waals surface area (Å²) in [6.07, 6.45) is 14.6. The molecule has 0 aliphatic carbocycles. The highest BCUT2D eigenvalue weighted by atomic mass is 32.3. The molecule has 0 aliphatic rings. The zero-order valence-corrected chi connectivity index (χ0v) is 16.2. The Morgan fingerprint density at radius 2 is 1.64 bits per heavy atom. The van der Waals surface area contributed by atoms with Crippen molar-refractivity contribution in [2.45, 2.75) is 96.5 Å². The van der Waals surface area contributed by atoms with Crippen LogP contribution in [0.5, 0.6) is 0 Å². The van der Waals surface area contributed by atoms with E-state index in [4.69, 9.17) is 13.8 Å². The molecule has 0 bridgehead atoms. The zero-order chi connectivity index (χ0) is 19.0. The first-order valence-electron chi connectivity index (χ1n) is 9.37. The number of carboxylic acid groups (broad SMARTS) is 1. The first-order valence-corrected chi connectivity index (χ1v) is 10.7. The van der Waals surface area contributed by atoms with E-state index in [-0.39, 0.29) is 6.42 Å². The molecule has 0 aromatic rings. The quantitative estimate of drug-likeness (QED) is 0.212. The summed E-state index contributed by atoms with van der Waals surface area (Å²) in [6.45, 7) is 2.11. The Hall–Kier alpha value is -0.920. The van der Waals surface area contributed by atoms with Crippen LogP contribution in [0.4, 0.5) is 0 Å². The number of rotatable bonds is 17. The van der Waals surface area contributed by atoms with Crippen LogP contribution in [-0.4, -0.2) is 30.2 Å². The van der Waals surface area contributed by atoms with E-state index in [0.717, 1.165) is 64.2 Å². The third-order valence-corrected chi connectivity index (χ3v) is 4.48. The fourth-order valence-corrected chi connectivity index (χ4v) is 3.13. The van der Waals surface area contributed by atoms with Gasteiger partial charge in [0.25, 0.3) is 0 Å². The SMILES string of the molecule is CCCCCC[C@H](C/C=C\CCCCCCCC(=O)O)OS(=O)(=O)O. The van der Waals surface area contributed by atoms with Gasteiger partial charge in [-0.25, -0.2) is 4.18 Å². The largest absolute Gasteiger partial charge is 0.481 e. The molecule has 0 heterocycles. The third-order valence-electron chi connectivity index (χ3n) is 3.96. The second-order valence-corrected chi connectivity index (χ2v) is 7.45. The lowest BCUT2D eigenvalue weighted by molar-refractivity contribution is -0.137. The minimum absolute atomic E-state index is 0.243. The van der Waals surface area contributed by atoms with E-state index in [2.05, 4.69) is 6.92 Å². The number of hydrogen-bond donors (Lipinski definition) is 2. The normalized spacial score (nSPS) is 13.4. The van der Waals surface area contributed by atoms with Gasteiger partial charge in [0.1, 0.15) is 0 Å². The summed E-state index contributed by atoms with van der Waals surface area (Å²) in [6, 6.07) is 0. The molecule has 7 heteroatoms. The van der Waals surface area contributed by atoms with Gasteiger partial charge in [-0.1, -0.05) is 64.0 Å². The molecular formula is C18H34O6S. The molecule has 25 heavy (non-hydrogen) atoms. The molecule has 2 N–H and O–H groups in total. The van der Waals surface area contributed by atoms with Crippen LogP contribution < -0.4 is 0 Å². The molecular weight excluding hydrogens is 344 g/mol. The molecule has 0 fully saturated rings. The van der Waals surface area contributed by atoms with E-state index in [0.29, 0.717) is 12.8 Å². The molecule has 0 radical (unpaired) electrons. The molecule has 1 atom stereocenters. The van der Waals surface area contributed by atoms with Crippen LogP contribution in [0.25, 0.3) is 0 Å². The zero-order valence-electron chi connectivity index (χ0n) is 15.4. The number of carboxylic acids is 1. The standard InChI is InChI=1S/C18H34O6S/c1-2-3-4-11-14-17(24-25(21,22)23)15-12-9-7-5-6-8-10-13-16-18(19)20/h9,12,17H,2-8,10-11,13-16H2,1H3,(H,19,20)(H,21,22,23)/b12-9-/t17-/m1/s1. The van der Waals surface area contributed by atoms with E-state index in [1.807, 2.05) is 12.2 Å². The summed E-state index contributed by atoms with van der Waals surface area (Å²) in [7, 11) is -4.41. The predicted octanol–water partition coefficient (Wildman–Crippen LogP) is 4.91. The Bertz CT molecular complexity index is 458. The van der Waals surface area contributed by atoms with Gasteiger partial charge in [0.15, 0.2) is 0 Å². The number of aliphatic carboxylic acids is 1. The van der Waals surface area contributed by atoms with Crippen molar-refractivity contribution in [3.05, 3.63) is 12.2 Å². The van der Waals surface area contributed by atoms with Crippen LogP contribution in [0.2, 0.25) is 0 Å². The smallest absolute Gasteiger partial charge is 0.397 e. The summed E-state index contributed by atoms with van der Waals surface area (Å²) in [4.78, 5) is 10.4. The molecule has 0 spiro atoms. The van der Waals surface area contributed by atoms with Gasteiger partial charge in [0, 0.05) is 6.42 Å². The molecule has 0 unspecified atom stereocenters. The molecule has 6 nitrogen and oxygen atoms in total. The minimum Gasteiger partial charge on any atom is -0.481 e. The fraction of sp³-hybridized carbons (Fsp3) is 0.833. The Balaban J connectivity index is 3.86. The third kappa shape index (κ3) is 19.3. The highest BCUT2D eigenvalue weighted by Gasteiger charge is 2.15. The Morgan fingerprint density at radius 1 is 1.00 bits per heavy atom. The molecule has 0 saturated carbocycles. The van der Waals surface area contributed by atoms with Gasteiger partial charge in [-0.15, -0.1) is 0 Å². The molecule has 0 saturated heterocycles. The summed E-state index contributed by atoms with van der Waals surface area (Å²) < 4.78 is 35.4. The van der Waals surface area contributed by atoms with Crippen LogP contribution in [0, 0.1) is 0 Å². The highest BCUT2D eigenvalue weighted by Crippen LogP contribution is 2.14. The minimum atomic E-state index is -4.41. The summed E-state index contributed by atoms with van der Waals surface area (Å²) in [5.41, 5.74) is 0. The van der Waals surface area contributed by atoms with E-state index < -0.39 is 22.5 Å². The van der Waals surface area contributed by atoms with Crippen LogP contribution in [0.3, 0.4) is 0 Å². The van der Waals surface area contributed by atoms with Crippen molar-refractivity contribution >= 4 is 16.4 Å². The van der Waals surface area contributed by atoms with Crippen molar-refractivity contribution in [1.29, 1.82) is 0 Å².